The molecule has 0 atom stereocenters. The van der Waals surface area contributed by atoms with Gasteiger partial charge in [-0.05, 0) is 101 Å². The number of nitriles is 1. The fourth-order valence-electron chi connectivity index (χ4n) is 5.76. The first-order valence-electron chi connectivity index (χ1n) is 15.4. The van der Waals surface area contributed by atoms with Crippen molar-refractivity contribution in [1.82, 2.24) is 9.97 Å². The van der Waals surface area contributed by atoms with Crippen LogP contribution in [0.3, 0.4) is 0 Å². The Morgan fingerprint density at radius 1 is 0.574 bits per heavy atom. The summed E-state index contributed by atoms with van der Waals surface area (Å²) in [6.07, 6.45) is 8.45. The molecule has 16 heteroatoms. The fraction of sp³-hybridized carbons (Fsp3) is 0.263. The zero-order chi connectivity index (χ0) is 41.3. The van der Waals surface area contributed by atoms with Gasteiger partial charge in [0, 0.05) is 61.6 Å². The van der Waals surface area contributed by atoms with Crippen LogP contribution >= 0.6 is 7.81 Å². The van der Waals surface area contributed by atoms with Gasteiger partial charge >= 0.3 is 73.6 Å². The molecule has 0 amide bonds. The van der Waals surface area contributed by atoms with Gasteiger partial charge in [0.05, 0.1) is 27.9 Å². The number of benzene rings is 2. The Bertz CT molecular complexity index is 2280. The molecular formula is C38H37F6N5O3PRe+. The smallest absolute Gasteiger partial charge is 0 e. The molecule has 4 aromatic heterocycles. The molecule has 54 heavy (non-hydrogen) atoms. The van der Waals surface area contributed by atoms with Crippen molar-refractivity contribution < 1.29 is 68.7 Å². The summed E-state index contributed by atoms with van der Waals surface area (Å²) in [7, 11) is -10.7. The van der Waals surface area contributed by atoms with E-state index in [-0.39, 0.29) is 20.4 Å². The SMILES string of the molecule is CC#N.Cc1c[n+]2c3c(ccc4c(C)c(C)c[n+](c43)C2)c1C.Cc1cnc2c(ccc3c(C)c(C)cnc32)c1C.F[P-](F)(F)(F)(F)F.[C-]#[O+].[C-]#[O+].[C-]#[O+].[Re]. The van der Waals surface area contributed by atoms with E-state index in [1.807, 2.05) is 12.4 Å². The van der Waals surface area contributed by atoms with Gasteiger partial charge in [-0.25, -0.2) is 0 Å². The van der Waals surface area contributed by atoms with Gasteiger partial charge in [0.15, 0.2) is 12.4 Å². The third-order valence-electron chi connectivity index (χ3n) is 8.64. The van der Waals surface area contributed by atoms with Crippen LogP contribution in [0.25, 0.3) is 43.6 Å². The summed E-state index contributed by atoms with van der Waals surface area (Å²) >= 11 is 0. The first kappa shape index (κ1) is 49.5. The average Bonchev–Trinajstić information content (AvgIpc) is 3.46. The molecule has 0 N–H and O–H groups in total. The maximum atomic E-state index is 9.87. The third kappa shape index (κ3) is 12.2. The van der Waals surface area contributed by atoms with E-state index in [2.05, 4.69) is 131 Å². The molecule has 0 bridgehead atoms. The Morgan fingerprint density at radius 3 is 1.09 bits per heavy atom. The van der Waals surface area contributed by atoms with E-state index >= 15 is 0 Å². The van der Waals surface area contributed by atoms with Crippen LogP contribution in [0, 0.1) is 86.7 Å². The molecule has 1 radical (unpaired) electrons. The molecule has 8 nitrogen and oxygen atoms in total. The van der Waals surface area contributed by atoms with Crippen molar-refractivity contribution in [3.63, 3.8) is 0 Å². The number of aromatic nitrogens is 4. The van der Waals surface area contributed by atoms with E-state index in [1.54, 1.807) is 6.07 Å². The summed E-state index contributed by atoms with van der Waals surface area (Å²) in [5.74, 6) is 0. The first-order chi connectivity index (χ1) is 24.5. The zero-order valence-electron chi connectivity index (χ0n) is 30.9. The van der Waals surface area contributed by atoms with Crippen LogP contribution in [-0.4, -0.2) is 9.97 Å². The van der Waals surface area contributed by atoms with Crippen LogP contribution in [0.5, 0.6) is 0 Å². The normalized spacial score (nSPS) is 11.6. The molecule has 2 aromatic carbocycles. The van der Waals surface area contributed by atoms with Crippen LogP contribution in [0.1, 0.15) is 51.4 Å². The minimum absolute atomic E-state index is 0. The molecule has 1 aliphatic heterocycles. The van der Waals surface area contributed by atoms with Crippen LogP contribution in [0.2, 0.25) is 0 Å². The quantitative estimate of drug-likeness (QED) is 0.0376. The standard InChI is InChI=1S/C17H18N2.C16H16N2.C2H3N.3CO.F6P.Re/c1-10-7-18-9-19-8-11(2)13(4)15-6-5-14(12(10)3)16(18)17(15)19;1-9-7-17-15-13(11(9)3)5-6-14-12(4)10(2)8-18-16(14)15;1-2-3;3*1-2;1-7(2,3,4,5)6;/h5-8H,9H2,1-4H3;5-8H,1-4H3;1H3;;;;;/q+2;;;;;;-1;. The second-order valence-corrected chi connectivity index (χ2v) is 13.9. The van der Waals surface area contributed by atoms with E-state index in [0.29, 0.717) is 0 Å². The molecule has 6 aromatic rings. The summed E-state index contributed by atoms with van der Waals surface area (Å²) in [6.45, 7) is 33.2. The molecule has 1 aliphatic rings. The second kappa shape index (κ2) is 18.7. The Balaban J connectivity index is 0.000000747. The average molecular weight is 943 g/mol. The Morgan fingerprint density at radius 2 is 0.815 bits per heavy atom. The van der Waals surface area contributed by atoms with E-state index in [9.17, 15) is 25.2 Å². The van der Waals surface area contributed by atoms with Crippen molar-refractivity contribution >= 4 is 51.4 Å². The van der Waals surface area contributed by atoms with Crippen molar-refractivity contribution in [1.29, 1.82) is 5.26 Å². The van der Waals surface area contributed by atoms with Gasteiger partial charge in [0.25, 0.3) is 11.0 Å². The molecule has 0 fully saturated rings. The monoisotopic (exact) mass is 943 g/mol. The maximum absolute atomic E-state index is 10.7. The van der Waals surface area contributed by atoms with Crippen LogP contribution in [0.4, 0.5) is 25.2 Å². The minimum atomic E-state index is -10.7. The van der Waals surface area contributed by atoms with Gasteiger partial charge in [-0.2, -0.15) is 5.26 Å². The van der Waals surface area contributed by atoms with Crippen LogP contribution in [0.15, 0.2) is 49.1 Å². The van der Waals surface area contributed by atoms with Gasteiger partial charge in [0.1, 0.15) is 0 Å². The Hall–Kier alpha value is -4.54. The maximum Gasteiger partial charge on any atom is 0 e. The summed E-state index contributed by atoms with van der Waals surface area (Å²) in [4.78, 5) is 9.16. The summed E-state index contributed by atoms with van der Waals surface area (Å²) in [5, 5.41) is 12.5. The van der Waals surface area contributed by atoms with Gasteiger partial charge in [-0.15, -0.1) is 9.13 Å². The molecule has 7 rings (SSSR count). The van der Waals surface area contributed by atoms with Gasteiger partial charge in [-0.3, -0.25) is 9.97 Å². The van der Waals surface area contributed by atoms with Crippen molar-refractivity contribution in [2.24, 2.45) is 0 Å². The van der Waals surface area contributed by atoms with E-state index in [1.165, 1.54) is 84.0 Å². The summed E-state index contributed by atoms with van der Waals surface area (Å²) in [5.41, 5.74) is 15.4. The van der Waals surface area contributed by atoms with E-state index < -0.39 is 7.81 Å². The number of hydrogen-bond acceptors (Lipinski definition) is 3. The van der Waals surface area contributed by atoms with Crippen molar-refractivity contribution in [3.05, 3.63) is 114 Å². The number of aryl methyl sites for hydroxylation is 8. The number of rotatable bonds is 0. The van der Waals surface area contributed by atoms with Gasteiger partial charge < -0.3 is 0 Å². The molecule has 285 valence electrons. The predicted octanol–water partition coefficient (Wildman–Crippen LogP) is 10.4. The van der Waals surface area contributed by atoms with Crippen molar-refractivity contribution in [3.8, 4) is 6.07 Å². The van der Waals surface area contributed by atoms with Crippen molar-refractivity contribution in [2.45, 2.75) is 69.0 Å². The minimum Gasteiger partial charge on any atom is 0 e. The Kier molecular flexibility index (Phi) is 17.1. The molecular weight excluding hydrogens is 906 g/mol. The van der Waals surface area contributed by atoms with E-state index in [4.69, 9.17) is 19.2 Å². The Labute approximate surface area is 322 Å². The summed E-state index contributed by atoms with van der Waals surface area (Å²) in [6, 6.07) is 10.7. The predicted molar refractivity (Wildman–Crippen MR) is 189 cm³/mol. The molecule has 0 unspecified atom stereocenters. The number of pyridine rings is 4. The largest absolute Gasteiger partial charge is 0 e. The molecule has 0 aliphatic carbocycles. The zero-order valence-corrected chi connectivity index (χ0v) is 34.5. The van der Waals surface area contributed by atoms with Crippen LogP contribution < -0.4 is 9.13 Å². The number of hydrogen-bond donors (Lipinski definition) is 0. The van der Waals surface area contributed by atoms with Gasteiger partial charge in [-0.1, -0.05) is 12.1 Å². The molecule has 0 spiro atoms. The fourth-order valence-corrected chi connectivity index (χ4v) is 5.76. The van der Waals surface area contributed by atoms with Crippen LogP contribution in [-0.2, 0) is 41.0 Å². The van der Waals surface area contributed by atoms with Crippen molar-refractivity contribution in [2.75, 3.05) is 0 Å². The van der Waals surface area contributed by atoms with Gasteiger partial charge in [0.2, 0.25) is 0 Å². The molecule has 0 saturated heterocycles. The second-order valence-electron chi connectivity index (χ2n) is 12.0. The molecule has 5 heterocycles. The topological polar surface area (TPSA) is 117 Å². The van der Waals surface area contributed by atoms with E-state index in [0.717, 1.165) is 17.7 Å². The number of halogens is 6. The summed E-state index contributed by atoms with van der Waals surface area (Å²) < 4.78 is 86.5. The number of fused-ring (bicyclic) bond motifs is 3. The molecule has 0 saturated carbocycles. The first-order valence-corrected chi connectivity index (χ1v) is 17.4. The number of nitrogens with zero attached hydrogens (tertiary/aromatic N) is 5. The third-order valence-corrected chi connectivity index (χ3v) is 8.64.